The van der Waals surface area contributed by atoms with Crippen LogP contribution in [-0.4, -0.2) is 118 Å². The number of aliphatic hydroxyl groups excluding tert-OH is 5. The Hall–Kier alpha value is -0.400. The third-order valence-electron chi connectivity index (χ3n) is 12.9. The van der Waals surface area contributed by atoms with Crippen molar-refractivity contribution in [2.75, 3.05) is 13.1 Å². The summed E-state index contributed by atoms with van der Waals surface area (Å²) in [6.07, 6.45) is -4.91. The van der Waals surface area contributed by atoms with Gasteiger partial charge in [-0.25, -0.2) is 0 Å². The molecular weight excluding hydrogens is 482 g/mol. The van der Waals surface area contributed by atoms with Gasteiger partial charge >= 0.3 is 0 Å². The van der Waals surface area contributed by atoms with Crippen LogP contribution in [0.5, 0.6) is 0 Å². The number of piperidine rings is 2. The third kappa shape index (κ3) is 2.59. The van der Waals surface area contributed by atoms with E-state index in [9.17, 15) is 40.9 Å². The molecule has 37 heavy (non-hydrogen) atoms. The van der Waals surface area contributed by atoms with E-state index >= 15 is 0 Å². The van der Waals surface area contributed by atoms with Gasteiger partial charge in [0.2, 0.25) is 0 Å². The zero-order valence-corrected chi connectivity index (χ0v) is 21.8. The Labute approximate surface area is 216 Å². The van der Waals surface area contributed by atoms with E-state index in [1.807, 2.05) is 6.92 Å². The molecular formula is C27H43NO9. The van der Waals surface area contributed by atoms with Gasteiger partial charge < -0.3 is 45.6 Å². The number of aliphatic hydroxyl groups is 8. The Kier molecular flexibility index (Phi) is 5.02. The average molecular weight is 526 g/mol. The summed E-state index contributed by atoms with van der Waals surface area (Å²) in [6.45, 7) is 7.08. The van der Waals surface area contributed by atoms with Gasteiger partial charge in [0.15, 0.2) is 5.79 Å². The second kappa shape index (κ2) is 7.26. The number of ether oxygens (including phenoxy) is 1. The zero-order chi connectivity index (χ0) is 26.7. The van der Waals surface area contributed by atoms with E-state index in [-0.39, 0.29) is 18.9 Å². The second-order valence-corrected chi connectivity index (χ2v) is 14.4. The van der Waals surface area contributed by atoms with Gasteiger partial charge in [-0.15, -0.1) is 0 Å². The third-order valence-corrected chi connectivity index (χ3v) is 12.9. The van der Waals surface area contributed by atoms with E-state index in [0.717, 1.165) is 19.4 Å². The van der Waals surface area contributed by atoms with E-state index < -0.39 is 88.1 Å². The van der Waals surface area contributed by atoms with Gasteiger partial charge in [0, 0.05) is 36.4 Å². The first-order valence-electron chi connectivity index (χ1n) is 14.2. The average Bonchev–Trinajstić information content (AvgIpc) is 3.13. The highest BCUT2D eigenvalue weighted by Gasteiger charge is 2.88. The molecule has 7 rings (SSSR count). The topological polar surface area (TPSA) is 174 Å². The van der Waals surface area contributed by atoms with Gasteiger partial charge in [0.25, 0.3) is 0 Å². The normalized spacial score (nSPS) is 68.5. The van der Waals surface area contributed by atoms with Crippen LogP contribution in [0.3, 0.4) is 0 Å². The van der Waals surface area contributed by atoms with E-state index in [1.165, 1.54) is 0 Å². The summed E-state index contributed by atoms with van der Waals surface area (Å²) in [4.78, 5) is 2.25. The van der Waals surface area contributed by atoms with E-state index in [1.54, 1.807) is 6.92 Å². The smallest absolute Gasteiger partial charge is 0.198 e. The molecule has 1 spiro atoms. The maximum Gasteiger partial charge on any atom is 0.198 e. The Morgan fingerprint density at radius 2 is 1.51 bits per heavy atom. The van der Waals surface area contributed by atoms with Gasteiger partial charge in [0.1, 0.15) is 17.8 Å². The van der Waals surface area contributed by atoms with Crippen molar-refractivity contribution in [3.8, 4) is 0 Å². The Morgan fingerprint density at radius 1 is 0.838 bits per heavy atom. The first kappa shape index (κ1) is 25.6. The highest BCUT2D eigenvalue weighted by molar-refractivity contribution is 5.34. The fourth-order valence-corrected chi connectivity index (χ4v) is 11.4. The van der Waals surface area contributed by atoms with Gasteiger partial charge in [-0.3, -0.25) is 4.90 Å². The molecule has 0 aromatic carbocycles. The van der Waals surface area contributed by atoms with Crippen LogP contribution in [0.15, 0.2) is 0 Å². The molecule has 17 atom stereocenters. The van der Waals surface area contributed by atoms with Crippen LogP contribution >= 0.6 is 0 Å². The SMILES string of the molecule is C[C@H]1CC[C@@H]2N(C1)C[C@@H]1[C@H]([C@@H](O)[C@H](O)[C@]3(O)[C@H]1C[C@@]14OC5(O)[C@@H]([C@@H](O)[C@@H](O)[C@@H]31)[C@]4(C)CC[C@@H]5O)[C@]2(C)O. The van der Waals surface area contributed by atoms with E-state index in [2.05, 4.69) is 11.8 Å². The molecule has 3 heterocycles. The minimum atomic E-state index is -2.10. The summed E-state index contributed by atoms with van der Waals surface area (Å²) in [6, 6.07) is -0.174. The highest BCUT2D eigenvalue weighted by atomic mass is 16.7. The van der Waals surface area contributed by atoms with Crippen LogP contribution < -0.4 is 0 Å². The lowest BCUT2D eigenvalue weighted by Gasteiger charge is -2.63. The molecule has 4 aliphatic carbocycles. The Morgan fingerprint density at radius 3 is 2.22 bits per heavy atom. The monoisotopic (exact) mass is 525 g/mol. The van der Waals surface area contributed by atoms with Crippen LogP contribution in [0.25, 0.3) is 0 Å². The Bertz CT molecular complexity index is 997. The van der Waals surface area contributed by atoms with E-state index in [4.69, 9.17) is 4.74 Å². The summed E-state index contributed by atoms with van der Waals surface area (Å²) in [5, 5.41) is 92.8. The van der Waals surface area contributed by atoms with Crippen molar-refractivity contribution in [3.63, 3.8) is 0 Å². The minimum Gasteiger partial charge on any atom is -0.390 e. The first-order chi connectivity index (χ1) is 17.2. The molecule has 4 saturated carbocycles. The summed E-state index contributed by atoms with van der Waals surface area (Å²) in [5.74, 6) is -5.64. The molecule has 7 aliphatic rings. The predicted octanol–water partition coefficient (Wildman–Crippen LogP) is -1.84. The lowest BCUT2D eigenvalue weighted by Crippen LogP contribution is -2.77. The van der Waals surface area contributed by atoms with Crippen molar-refractivity contribution in [3.05, 3.63) is 0 Å². The van der Waals surface area contributed by atoms with Gasteiger partial charge in [-0.2, -0.15) is 0 Å². The minimum absolute atomic E-state index is 0.174. The predicted molar refractivity (Wildman–Crippen MR) is 128 cm³/mol. The summed E-state index contributed by atoms with van der Waals surface area (Å²) >= 11 is 0. The molecule has 1 unspecified atom stereocenters. The number of rotatable bonds is 0. The molecule has 7 fully saturated rings. The molecule has 3 aliphatic heterocycles. The quantitative estimate of drug-likeness (QED) is 0.179. The summed E-state index contributed by atoms with van der Waals surface area (Å²) in [5.41, 5.74) is -5.58. The van der Waals surface area contributed by atoms with Crippen LogP contribution in [0.4, 0.5) is 0 Å². The maximum atomic E-state index is 12.5. The fourth-order valence-electron chi connectivity index (χ4n) is 11.4. The van der Waals surface area contributed by atoms with Crippen molar-refractivity contribution in [1.82, 2.24) is 4.90 Å². The molecule has 4 bridgehead atoms. The van der Waals surface area contributed by atoms with E-state index in [0.29, 0.717) is 18.9 Å². The summed E-state index contributed by atoms with van der Waals surface area (Å²) < 4.78 is 6.42. The standard InChI is InChI=1S/C27H43NO9/c1-11-4-5-14-24(3,34)16-12(10-28(14)9-11)13-8-25-21(26(13,35)22(33)17(16)30)19(32)18(31)20-23(25,2)7-6-15(29)27(20,36)37-25/h11-22,29-36H,4-10H2,1-3H3/t11-,12-,13-,14-,15-,16+,17+,18-,19+,20-,21+,22-,23-,24+,25+,26-,27?/m0/s1. The second-order valence-electron chi connectivity index (χ2n) is 14.4. The van der Waals surface area contributed by atoms with Gasteiger partial charge in [-0.05, 0) is 56.8 Å². The van der Waals surface area contributed by atoms with Crippen molar-refractivity contribution in [2.45, 2.75) is 112 Å². The van der Waals surface area contributed by atoms with Crippen LogP contribution in [-0.2, 0) is 4.74 Å². The van der Waals surface area contributed by atoms with Crippen molar-refractivity contribution >= 4 is 0 Å². The van der Waals surface area contributed by atoms with Crippen LogP contribution in [0.1, 0.15) is 52.9 Å². The molecule has 0 aromatic heterocycles. The lowest BCUT2D eigenvalue weighted by atomic mass is 9.48. The first-order valence-corrected chi connectivity index (χ1v) is 14.2. The van der Waals surface area contributed by atoms with Crippen LogP contribution in [0, 0.1) is 40.9 Å². The molecule has 210 valence electrons. The Balaban J connectivity index is 1.39. The molecule has 3 saturated heterocycles. The molecule has 0 radical (unpaired) electrons. The number of fused-ring (bicyclic) bond motifs is 5. The number of hydrogen-bond donors (Lipinski definition) is 8. The lowest BCUT2D eigenvalue weighted by molar-refractivity contribution is -0.296. The van der Waals surface area contributed by atoms with Crippen molar-refractivity contribution < 1.29 is 45.6 Å². The van der Waals surface area contributed by atoms with Crippen molar-refractivity contribution in [1.29, 1.82) is 0 Å². The number of nitrogens with zero attached hydrogens (tertiary/aromatic N) is 1. The van der Waals surface area contributed by atoms with Crippen LogP contribution in [0.2, 0.25) is 0 Å². The fraction of sp³-hybridized carbons (Fsp3) is 1.00. The number of hydrogen-bond acceptors (Lipinski definition) is 10. The molecule has 8 N–H and O–H groups in total. The largest absolute Gasteiger partial charge is 0.390 e. The molecule has 0 amide bonds. The zero-order valence-electron chi connectivity index (χ0n) is 21.8. The van der Waals surface area contributed by atoms with Gasteiger partial charge in [-0.1, -0.05) is 13.8 Å². The van der Waals surface area contributed by atoms with Gasteiger partial charge in [0.05, 0.1) is 35.4 Å². The molecule has 10 nitrogen and oxygen atoms in total. The summed E-state index contributed by atoms with van der Waals surface area (Å²) in [7, 11) is 0. The highest BCUT2D eigenvalue weighted by Crippen LogP contribution is 2.76. The molecule has 10 heteroatoms. The maximum absolute atomic E-state index is 12.5. The van der Waals surface area contributed by atoms with Crippen molar-refractivity contribution in [2.24, 2.45) is 40.9 Å². The molecule has 0 aromatic rings.